The highest BCUT2D eigenvalue weighted by molar-refractivity contribution is 5.76. The molecule has 1 saturated heterocycles. The largest absolute Gasteiger partial charge is 0.383 e. The quantitative estimate of drug-likeness (QED) is 0.654. The summed E-state index contributed by atoms with van der Waals surface area (Å²) in [6.07, 6.45) is 2.82. The highest BCUT2D eigenvalue weighted by atomic mass is 16.5. The van der Waals surface area contributed by atoms with Gasteiger partial charge in [-0.2, -0.15) is 0 Å². The molecule has 5 heteroatoms. The van der Waals surface area contributed by atoms with Crippen LogP contribution in [0.2, 0.25) is 0 Å². The Labute approximate surface area is 110 Å². The molecule has 1 unspecified atom stereocenters. The van der Waals surface area contributed by atoms with Crippen LogP contribution < -0.4 is 5.32 Å². The summed E-state index contributed by atoms with van der Waals surface area (Å²) in [7, 11) is 3.31. The number of rotatable bonds is 9. The molecule has 0 spiro atoms. The summed E-state index contributed by atoms with van der Waals surface area (Å²) in [6.45, 7) is 4.63. The third-order valence-corrected chi connectivity index (χ3v) is 3.41. The van der Waals surface area contributed by atoms with Crippen LogP contribution in [0.3, 0.4) is 0 Å². The lowest BCUT2D eigenvalue weighted by atomic mass is 10.0. The third-order valence-electron chi connectivity index (χ3n) is 3.41. The second-order valence-corrected chi connectivity index (χ2v) is 4.76. The smallest absolute Gasteiger partial charge is 0.222 e. The summed E-state index contributed by atoms with van der Waals surface area (Å²) in [5.74, 6) is 0.886. The van der Waals surface area contributed by atoms with Crippen molar-refractivity contribution in [3.05, 3.63) is 0 Å². The molecule has 0 bridgehead atoms. The second kappa shape index (κ2) is 9.30. The lowest BCUT2D eigenvalue weighted by Crippen LogP contribution is -2.36. The summed E-state index contributed by atoms with van der Waals surface area (Å²) in [6, 6.07) is 0. The van der Waals surface area contributed by atoms with Gasteiger partial charge >= 0.3 is 0 Å². The molecule has 0 aromatic heterocycles. The lowest BCUT2D eigenvalue weighted by Gasteiger charge is -2.22. The summed E-state index contributed by atoms with van der Waals surface area (Å²) in [4.78, 5) is 13.9. The standard InChI is InChI=1S/C13H26N2O3/c1-17-9-7-15(8-10-18-2)13(16)4-3-12-5-6-14-11-12/h12,14H,3-11H2,1-2H3. The summed E-state index contributed by atoms with van der Waals surface area (Å²) in [5.41, 5.74) is 0. The van der Waals surface area contributed by atoms with Gasteiger partial charge in [-0.05, 0) is 31.8 Å². The van der Waals surface area contributed by atoms with Crippen molar-refractivity contribution < 1.29 is 14.3 Å². The van der Waals surface area contributed by atoms with Crippen molar-refractivity contribution in [2.75, 3.05) is 53.6 Å². The molecule has 1 N–H and O–H groups in total. The molecule has 0 aromatic carbocycles. The Bertz CT molecular complexity index is 222. The predicted octanol–water partition coefficient (Wildman–Crippen LogP) is 0.498. The van der Waals surface area contributed by atoms with Crippen molar-refractivity contribution in [3.8, 4) is 0 Å². The Kier molecular flexibility index (Phi) is 7.96. The van der Waals surface area contributed by atoms with Crippen LogP contribution >= 0.6 is 0 Å². The molecule has 1 amide bonds. The van der Waals surface area contributed by atoms with Gasteiger partial charge in [-0.25, -0.2) is 0 Å². The molecule has 1 atom stereocenters. The Morgan fingerprint density at radius 1 is 1.28 bits per heavy atom. The molecule has 0 aromatic rings. The zero-order chi connectivity index (χ0) is 13.2. The number of amides is 1. The summed E-state index contributed by atoms with van der Waals surface area (Å²) in [5, 5.41) is 3.33. The number of nitrogens with one attached hydrogen (secondary N) is 1. The third kappa shape index (κ3) is 5.80. The molecular formula is C13H26N2O3. The monoisotopic (exact) mass is 258 g/mol. The maximum absolute atomic E-state index is 12.1. The minimum Gasteiger partial charge on any atom is -0.383 e. The van der Waals surface area contributed by atoms with Crippen molar-refractivity contribution in [1.29, 1.82) is 0 Å². The normalized spacial score (nSPS) is 19.1. The average molecular weight is 258 g/mol. The van der Waals surface area contributed by atoms with E-state index in [-0.39, 0.29) is 5.91 Å². The van der Waals surface area contributed by atoms with Gasteiger partial charge in [0.25, 0.3) is 0 Å². The van der Waals surface area contributed by atoms with Gasteiger partial charge in [-0.3, -0.25) is 4.79 Å². The number of methoxy groups -OCH3 is 2. The van der Waals surface area contributed by atoms with Crippen LogP contribution in [0.4, 0.5) is 0 Å². The van der Waals surface area contributed by atoms with Crippen molar-refractivity contribution >= 4 is 5.91 Å². The summed E-state index contributed by atoms with van der Waals surface area (Å²) < 4.78 is 10.1. The van der Waals surface area contributed by atoms with Crippen LogP contribution in [0.1, 0.15) is 19.3 Å². The van der Waals surface area contributed by atoms with E-state index in [1.54, 1.807) is 14.2 Å². The van der Waals surface area contributed by atoms with Gasteiger partial charge in [0, 0.05) is 33.7 Å². The molecule has 18 heavy (non-hydrogen) atoms. The molecule has 1 aliphatic rings. The van der Waals surface area contributed by atoms with Gasteiger partial charge in [0.15, 0.2) is 0 Å². The minimum absolute atomic E-state index is 0.219. The SMILES string of the molecule is COCCN(CCOC)C(=O)CCC1CCNC1. The second-order valence-electron chi connectivity index (χ2n) is 4.76. The first kappa shape index (κ1) is 15.4. The van der Waals surface area contributed by atoms with Crippen LogP contribution in [0.5, 0.6) is 0 Å². The van der Waals surface area contributed by atoms with Gasteiger partial charge in [0.1, 0.15) is 0 Å². The van der Waals surface area contributed by atoms with Gasteiger partial charge in [0.05, 0.1) is 13.2 Å². The van der Waals surface area contributed by atoms with Gasteiger partial charge in [-0.15, -0.1) is 0 Å². The number of carbonyl (C=O) groups is 1. The maximum atomic E-state index is 12.1. The fourth-order valence-electron chi connectivity index (χ4n) is 2.21. The highest BCUT2D eigenvalue weighted by Crippen LogP contribution is 2.15. The van der Waals surface area contributed by atoms with Crippen molar-refractivity contribution in [2.45, 2.75) is 19.3 Å². The Morgan fingerprint density at radius 2 is 1.94 bits per heavy atom. The molecule has 0 aliphatic carbocycles. The first-order valence-electron chi connectivity index (χ1n) is 6.74. The van der Waals surface area contributed by atoms with Crippen molar-refractivity contribution in [2.24, 2.45) is 5.92 Å². The van der Waals surface area contributed by atoms with Crippen LogP contribution in [0.15, 0.2) is 0 Å². The number of hydrogen-bond donors (Lipinski definition) is 1. The topological polar surface area (TPSA) is 50.8 Å². The van der Waals surface area contributed by atoms with Crippen molar-refractivity contribution in [3.63, 3.8) is 0 Å². The summed E-state index contributed by atoms with van der Waals surface area (Å²) >= 11 is 0. The minimum atomic E-state index is 0.219. The van der Waals surface area contributed by atoms with E-state index in [4.69, 9.17) is 9.47 Å². The molecule has 0 saturated carbocycles. The predicted molar refractivity (Wildman–Crippen MR) is 70.5 cm³/mol. The molecule has 0 radical (unpaired) electrons. The van der Waals surface area contributed by atoms with Crippen LogP contribution in [0, 0.1) is 5.92 Å². The lowest BCUT2D eigenvalue weighted by molar-refractivity contribution is -0.132. The molecule has 106 valence electrons. The van der Waals surface area contributed by atoms with Gasteiger partial charge in [-0.1, -0.05) is 0 Å². The Balaban J connectivity index is 2.27. The molecule has 5 nitrogen and oxygen atoms in total. The molecule has 1 fully saturated rings. The van der Waals surface area contributed by atoms with E-state index in [2.05, 4.69) is 5.32 Å². The van der Waals surface area contributed by atoms with E-state index in [1.807, 2.05) is 4.90 Å². The van der Waals surface area contributed by atoms with Crippen LogP contribution in [0.25, 0.3) is 0 Å². The van der Waals surface area contributed by atoms with E-state index < -0.39 is 0 Å². The first-order valence-corrected chi connectivity index (χ1v) is 6.74. The fourth-order valence-corrected chi connectivity index (χ4v) is 2.21. The Hall–Kier alpha value is -0.650. The van der Waals surface area contributed by atoms with E-state index in [0.717, 1.165) is 19.5 Å². The molecule has 1 aliphatic heterocycles. The molecule has 1 rings (SSSR count). The van der Waals surface area contributed by atoms with Gasteiger partial charge < -0.3 is 19.7 Å². The zero-order valence-electron chi connectivity index (χ0n) is 11.6. The van der Waals surface area contributed by atoms with Crippen LogP contribution in [-0.2, 0) is 14.3 Å². The number of hydrogen-bond acceptors (Lipinski definition) is 4. The number of carbonyl (C=O) groups excluding carboxylic acids is 1. The molecular weight excluding hydrogens is 232 g/mol. The van der Waals surface area contributed by atoms with E-state index in [1.165, 1.54) is 6.42 Å². The Morgan fingerprint density at radius 3 is 2.44 bits per heavy atom. The fraction of sp³-hybridized carbons (Fsp3) is 0.923. The van der Waals surface area contributed by atoms with Gasteiger partial charge in [0.2, 0.25) is 5.91 Å². The highest BCUT2D eigenvalue weighted by Gasteiger charge is 2.18. The first-order chi connectivity index (χ1) is 8.77. The maximum Gasteiger partial charge on any atom is 0.222 e. The number of nitrogens with zero attached hydrogens (tertiary/aromatic N) is 1. The molecule has 1 heterocycles. The van der Waals surface area contributed by atoms with E-state index >= 15 is 0 Å². The van der Waals surface area contributed by atoms with E-state index in [0.29, 0.717) is 38.6 Å². The van der Waals surface area contributed by atoms with Crippen LogP contribution in [-0.4, -0.2) is 64.4 Å². The van der Waals surface area contributed by atoms with E-state index in [9.17, 15) is 4.79 Å². The zero-order valence-corrected chi connectivity index (χ0v) is 11.6. The van der Waals surface area contributed by atoms with Crippen molar-refractivity contribution in [1.82, 2.24) is 10.2 Å². The number of ether oxygens (including phenoxy) is 2. The average Bonchev–Trinajstić information content (AvgIpc) is 2.89.